The third-order valence-electron chi connectivity index (χ3n) is 4.43. The zero-order valence-electron chi connectivity index (χ0n) is 17.3. The van der Waals surface area contributed by atoms with Gasteiger partial charge in [0.2, 0.25) is 0 Å². The zero-order chi connectivity index (χ0) is 23.2. The molecule has 5 nitrogen and oxygen atoms in total. The average molecular weight is 500 g/mol. The van der Waals surface area contributed by atoms with Crippen LogP contribution in [0, 0.1) is 6.92 Å². The summed E-state index contributed by atoms with van der Waals surface area (Å²) in [5, 5.41) is 3.88. The summed E-state index contributed by atoms with van der Waals surface area (Å²) in [6.45, 7) is 3.17. The second-order valence-corrected chi connectivity index (χ2v) is 7.41. The van der Waals surface area contributed by atoms with E-state index in [1.165, 1.54) is 39.5 Å². The molecule has 0 aliphatic carbocycles. The molecule has 0 atom stereocenters. The van der Waals surface area contributed by atoms with Gasteiger partial charge in [0, 0.05) is 15.6 Å². The number of carbonyl (C=O) groups is 1. The molecule has 0 bridgehead atoms. The van der Waals surface area contributed by atoms with Crippen LogP contribution in [0.15, 0.2) is 52.3 Å². The molecule has 0 fully saturated rings. The van der Waals surface area contributed by atoms with E-state index < -0.39 is 17.7 Å². The van der Waals surface area contributed by atoms with Gasteiger partial charge in [-0.3, -0.25) is 0 Å². The highest BCUT2D eigenvalue weighted by molar-refractivity contribution is 9.10. The monoisotopic (exact) mass is 499 g/mol. The van der Waals surface area contributed by atoms with Gasteiger partial charge in [-0.2, -0.15) is 13.2 Å². The first kappa shape index (κ1) is 24.5. The van der Waals surface area contributed by atoms with Gasteiger partial charge >= 0.3 is 12.1 Å². The molecule has 2 aromatic rings. The van der Waals surface area contributed by atoms with Crippen molar-refractivity contribution in [1.29, 1.82) is 0 Å². The van der Waals surface area contributed by atoms with E-state index in [1.54, 1.807) is 12.1 Å². The SMILES string of the molecule is CO/C=C(/C(=O)OC)c1cccc(C)c1CO/N=C(\C)c1ccc(Br)cc1C(F)(F)F. The number of alkyl halides is 3. The number of benzene rings is 2. The van der Waals surface area contributed by atoms with Gasteiger partial charge < -0.3 is 14.3 Å². The molecular weight excluding hydrogens is 479 g/mol. The van der Waals surface area contributed by atoms with E-state index in [1.807, 2.05) is 13.0 Å². The van der Waals surface area contributed by atoms with Crippen molar-refractivity contribution in [2.45, 2.75) is 26.6 Å². The van der Waals surface area contributed by atoms with Crippen LogP contribution >= 0.6 is 15.9 Å². The third kappa shape index (κ3) is 6.10. The molecule has 31 heavy (non-hydrogen) atoms. The van der Waals surface area contributed by atoms with E-state index in [0.717, 1.165) is 11.6 Å². The van der Waals surface area contributed by atoms with Crippen molar-refractivity contribution in [2.75, 3.05) is 14.2 Å². The maximum atomic E-state index is 13.4. The van der Waals surface area contributed by atoms with E-state index in [2.05, 4.69) is 21.1 Å². The van der Waals surface area contributed by atoms with Crippen LogP contribution in [0.25, 0.3) is 5.57 Å². The Labute approximate surface area is 186 Å². The van der Waals surface area contributed by atoms with Crippen LogP contribution in [-0.2, 0) is 31.9 Å². The number of aryl methyl sites for hydroxylation is 1. The first-order valence-corrected chi connectivity index (χ1v) is 9.83. The van der Waals surface area contributed by atoms with Gasteiger partial charge in [0.1, 0.15) is 12.2 Å². The van der Waals surface area contributed by atoms with Crippen molar-refractivity contribution in [3.05, 3.63) is 75.0 Å². The minimum Gasteiger partial charge on any atom is -0.503 e. The molecule has 0 aromatic heterocycles. The van der Waals surface area contributed by atoms with Gasteiger partial charge in [-0.25, -0.2) is 4.79 Å². The van der Waals surface area contributed by atoms with Crippen molar-refractivity contribution < 1.29 is 32.3 Å². The smallest absolute Gasteiger partial charge is 0.417 e. The van der Waals surface area contributed by atoms with E-state index in [0.29, 0.717) is 15.6 Å². The summed E-state index contributed by atoms with van der Waals surface area (Å²) in [4.78, 5) is 17.5. The summed E-state index contributed by atoms with van der Waals surface area (Å²) < 4.78 is 50.2. The van der Waals surface area contributed by atoms with Gasteiger partial charge in [-0.05, 0) is 37.1 Å². The zero-order valence-corrected chi connectivity index (χ0v) is 18.9. The Kier molecular flexibility index (Phi) is 8.27. The summed E-state index contributed by atoms with van der Waals surface area (Å²) in [6, 6.07) is 9.09. The van der Waals surface area contributed by atoms with Crippen LogP contribution in [0.2, 0.25) is 0 Å². The Balaban J connectivity index is 2.36. The summed E-state index contributed by atoms with van der Waals surface area (Å²) in [5.74, 6) is -0.599. The Hall–Kier alpha value is -2.81. The van der Waals surface area contributed by atoms with Gasteiger partial charge in [-0.15, -0.1) is 0 Å². The van der Waals surface area contributed by atoms with E-state index in [-0.39, 0.29) is 23.5 Å². The van der Waals surface area contributed by atoms with Gasteiger partial charge in [0.15, 0.2) is 0 Å². The number of methoxy groups -OCH3 is 2. The van der Waals surface area contributed by atoms with Crippen molar-refractivity contribution in [1.82, 2.24) is 0 Å². The molecule has 0 amide bonds. The number of oxime groups is 1. The fourth-order valence-electron chi connectivity index (χ4n) is 2.90. The lowest BCUT2D eigenvalue weighted by Gasteiger charge is -2.15. The van der Waals surface area contributed by atoms with E-state index >= 15 is 0 Å². The van der Waals surface area contributed by atoms with Crippen LogP contribution in [0.4, 0.5) is 13.2 Å². The number of hydrogen-bond acceptors (Lipinski definition) is 5. The lowest BCUT2D eigenvalue weighted by molar-refractivity contribution is -0.137. The fourth-order valence-corrected chi connectivity index (χ4v) is 3.27. The van der Waals surface area contributed by atoms with Crippen molar-refractivity contribution in [2.24, 2.45) is 5.16 Å². The lowest BCUT2D eigenvalue weighted by atomic mass is 9.97. The number of esters is 1. The molecule has 2 aromatic carbocycles. The number of rotatable bonds is 7. The third-order valence-corrected chi connectivity index (χ3v) is 4.92. The normalized spacial score (nSPS) is 12.5. The first-order valence-electron chi connectivity index (χ1n) is 9.04. The summed E-state index contributed by atoms with van der Waals surface area (Å²) >= 11 is 3.06. The molecule has 0 saturated carbocycles. The Morgan fingerprint density at radius 1 is 1.16 bits per heavy atom. The Bertz CT molecular complexity index is 1020. The van der Waals surface area contributed by atoms with Crippen LogP contribution in [-0.4, -0.2) is 25.9 Å². The maximum absolute atomic E-state index is 13.4. The van der Waals surface area contributed by atoms with Gasteiger partial charge in [0.05, 0.1) is 31.8 Å². The highest BCUT2D eigenvalue weighted by atomic mass is 79.9. The van der Waals surface area contributed by atoms with Crippen LogP contribution in [0.3, 0.4) is 0 Å². The second-order valence-electron chi connectivity index (χ2n) is 6.50. The quantitative estimate of drug-likeness (QED) is 0.157. The first-order chi connectivity index (χ1) is 14.6. The predicted octanol–water partition coefficient (Wildman–Crippen LogP) is 5.88. The largest absolute Gasteiger partial charge is 0.503 e. The fraction of sp³-hybridized carbons (Fsp3) is 0.273. The molecular formula is C22H21BrF3NO4. The molecule has 0 aliphatic heterocycles. The molecule has 0 saturated heterocycles. The molecule has 0 radical (unpaired) electrons. The van der Waals surface area contributed by atoms with E-state index in [9.17, 15) is 18.0 Å². The number of carbonyl (C=O) groups excluding carboxylic acids is 1. The van der Waals surface area contributed by atoms with Crippen LogP contribution in [0.5, 0.6) is 0 Å². The maximum Gasteiger partial charge on any atom is 0.417 e. The predicted molar refractivity (Wildman–Crippen MR) is 114 cm³/mol. The molecule has 0 unspecified atom stereocenters. The lowest BCUT2D eigenvalue weighted by Crippen LogP contribution is -2.12. The van der Waals surface area contributed by atoms with Crippen molar-refractivity contribution in [3.8, 4) is 0 Å². The molecule has 0 aliphatic rings. The number of nitrogens with zero attached hydrogens (tertiary/aromatic N) is 1. The summed E-state index contributed by atoms with van der Waals surface area (Å²) in [5.41, 5.74) is 1.28. The van der Waals surface area contributed by atoms with Crippen molar-refractivity contribution in [3.63, 3.8) is 0 Å². The average Bonchev–Trinajstić information content (AvgIpc) is 2.72. The number of hydrogen-bond donors (Lipinski definition) is 0. The summed E-state index contributed by atoms with van der Waals surface area (Å²) in [6.07, 6.45) is -3.28. The summed E-state index contributed by atoms with van der Waals surface area (Å²) in [7, 11) is 2.65. The highest BCUT2D eigenvalue weighted by Gasteiger charge is 2.34. The highest BCUT2D eigenvalue weighted by Crippen LogP contribution is 2.34. The molecule has 0 N–H and O–H groups in total. The number of halogens is 4. The van der Waals surface area contributed by atoms with Gasteiger partial charge in [-0.1, -0.05) is 45.4 Å². The molecule has 0 heterocycles. The number of ether oxygens (including phenoxy) is 2. The Morgan fingerprint density at radius 3 is 2.48 bits per heavy atom. The minimum absolute atomic E-state index is 0.0654. The standard InChI is InChI=1S/C22H21BrF3NO4/c1-13-6-5-7-17(19(11-29-3)21(28)30-4)18(13)12-31-27-14(2)16-9-8-15(23)10-20(16)22(24,25)26/h5-11H,12H2,1-4H3/b19-11+,27-14+. The molecule has 166 valence electrons. The molecule has 9 heteroatoms. The topological polar surface area (TPSA) is 57.1 Å². The van der Waals surface area contributed by atoms with Crippen molar-refractivity contribution >= 4 is 33.2 Å². The van der Waals surface area contributed by atoms with Crippen LogP contribution in [0.1, 0.15) is 34.7 Å². The molecule has 0 spiro atoms. The van der Waals surface area contributed by atoms with Gasteiger partial charge in [0.25, 0.3) is 0 Å². The van der Waals surface area contributed by atoms with E-state index in [4.69, 9.17) is 14.3 Å². The Morgan fingerprint density at radius 2 is 1.87 bits per heavy atom. The second kappa shape index (κ2) is 10.5. The molecule has 2 rings (SSSR count). The minimum atomic E-state index is -4.54. The van der Waals surface area contributed by atoms with Crippen LogP contribution < -0.4 is 0 Å².